The molecule has 3 atom stereocenters. The average Bonchev–Trinajstić information content (AvgIpc) is 3.20. The molecule has 0 aliphatic heterocycles. The number of carbonyl (C=O) groups is 3. The molecule has 0 amide bonds. The Bertz CT molecular complexity index is 1390. The van der Waals surface area contributed by atoms with Gasteiger partial charge in [-0.05, 0) is 57.8 Å². The second-order valence-electron chi connectivity index (χ2n) is 14.3. The fourth-order valence-electron chi connectivity index (χ4n) is 5.49. The minimum atomic E-state index is -5.61. The third-order valence-corrected chi connectivity index (χ3v) is 9.70. The molecular formula is C45H80NNaO10P. The molecule has 0 saturated carbocycles. The predicted molar refractivity (Wildman–Crippen MR) is 237 cm³/mol. The first kappa shape index (κ1) is 49.1. The van der Waals surface area contributed by atoms with Crippen molar-refractivity contribution in [1.29, 1.82) is 0 Å². The van der Waals surface area contributed by atoms with Gasteiger partial charge in [0, 0.05) is 42.4 Å². The largest absolute Gasteiger partial charge is 0.480 e. The van der Waals surface area contributed by atoms with Crippen molar-refractivity contribution >= 4 is 55.3 Å². The molecular weight excluding hydrogens is 768 g/mol. The number of nitrogens with two attached hydrogens (primary N) is 1. The number of allylic oxidation sites excluding steroid dienone is 8. The van der Waals surface area contributed by atoms with Crippen LogP contribution in [-0.2, 0) is 37.5 Å². The number of phosphoric ester groups is 1. The Kier molecular flexibility index (Phi) is 36.8. The van der Waals surface area contributed by atoms with Gasteiger partial charge >= 0.3 is 25.7 Å². The summed E-state index contributed by atoms with van der Waals surface area (Å²) in [6.45, 7) is -4.44. The molecule has 0 saturated heterocycles. The predicted octanol–water partition coefficient (Wildman–Crippen LogP) is 11.4. The summed E-state index contributed by atoms with van der Waals surface area (Å²) in [6, 6.07) is -1.81. The standard InChI is InChI=1S/C45H80NO10P.Na/c1-3-5-7-9-11-13-15-17-19-20-21-22-23-25-27-29-31-33-35-37-44(48)56-41(39-54-57(51,52)55-40-42(46)45(49)50)38-53-43(47)36-34-32-30-28-26-24-18-16-14-12-10-8-6-4-2;/h11,13,17,19,21-22,25,27,41-42H,3-10,12,14-16,18,20,23-24,26,28-40,46H2,1-2H3,(H,49,50)(H,51,52);/b13-11+,19-17+,22-21+,27-25+;/t41-,42+;/m1./s1/i38D2,39D2,41D;. The van der Waals surface area contributed by atoms with Crippen LogP contribution in [0.1, 0.15) is 194 Å². The zero-order valence-corrected chi connectivity index (χ0v) is 39.1. The van der Waals surface area contributed by atoms with Gasteiger partial charge in [0.2, 0.25) is 0 Å². The van der Waals surface area contributed by atoms with E-state index in [1.54, 1.807) is 0 Å². The molecule has 1 unspecified atom stereocenters. The van der Waals surface area contributed by atoms with Crippen LogP contribution in [0.5, 0.6) is 0 Å². The summed E-state index contributed by atoms with van der Waals surface area (Å²) in [4.78, 5) is 46.9. The van der Waals surface area contributed by atoms with Gasteiger partial charge in [-0.2, -0.15) is 0 Å². The van der Waals surface area contributed by atoms with E-state index in [2.05, 4.69) is 59.4 Å². The summed E-state index contributed by atoms with van der Waals surface area (Å²) in [7, 11) is -5.61. The molecule has 0 aliphatic rings. The van der Waals surface area contributed by atoms with Crippen LogP contribution in [0.3, 0.4) is 0 Å². The average molecular weight is 854 g/mol. The fraction of sp³-hybridized carbons (Fsp3) is 0.756. The van der Waals surface area contributed by atoms with Gasteiger partial charge in [-0.25, -0.2) is 4.57 Å². The van der Waals surface area contributed by atoms with Crippen molar-refractivity contribution in [1.82, 2.24) is 0 Å². The molecule has 13 heteroatoms. The maximum Gasteiger partial charge on any atom is 0.472 e. The van der Waals surface area contributed by atoms with E-state index in [0.717, 1.165) is 57.8 Å². The maximum absolute atomic E-state index is 12.9. The van der Waals surface area contributed by atoms with Crippen molar-refractivity contribution in [3.8, 4) is 0 Å². The van der Waals surface area contributed by atoms with E-state index in [4.69, 9.17) is 27.2 Å². The summed E-state index contributed by atoms with van der Waals surface area (Å²) in [5.41, 5.74) is 5.28. The van der Waals surface area contributed by atoms with Crippen molar-refractivity contribution < 1.29 is 54.3 Å². The van der Waals surface area contributed by atoms with Crippen LogP contribution in [0.4, 0.5) is 0 Å². The zero-order valence-electron chi connectivity index (χ0n) is 41.2. The number of phosphoric acid groups is 1. The maximum atomic E-state index is 12.9. The normalized spacial score (nSPS) is 16.2. The van der Waals surface area contributed by atoms with Crippen LogP contribution in [0, 0.1) is 0 Å². The number of rotatable bonds is 41. The van der Waals surface area contributed by atoms with E-state index < -0.39 is 57.6 Å². The Labute approximate surface area is 381 Å². The molecule has 0 aromatic rings. The van der Waals surface area contributed by atoms with E-state index >= 15 is 0 Å². The molecule has 0 aliphatic carbocycles. The van der Waals surface area contributed by atoms with E-state index in [1.807, 2.05) is 12.2 Å². The number of hydrogen-bond acceptors (Lipinski definition) is 9. The molecule has 0 rings (SSSR count). The molecule has 1 radical (unpaired) electrons. The summed E-state index contributed by atoms with van der Waals surface area (Å²) in [5.74, 6) is -4.01. The number of esters is 2. The van der Waals surface area contributed by atoms with Gasteiger partial charge in [-0.3, -0.25) is 23.4 Å². The minimum absolute atomic E-state index is 0. The molecule has 58 heavy (non-hydrogen) atoms. The van der Waals surface area contributed by atoms with Gasteiger partial charge in [0.25, 0.3) is 0 Å². The number of aliphatic carboxylic acids is 1. The SMILES string of the molecule is [2H]C([2H])(OC(=O)CCCCCCCCCCCCCCCC)[C@@]([2H])(OC(=O)CCCCC/C=C/C/C=C/C/C=C/C/C=C/CCCCC)C([2H])([2H])OP(=O)(O)OC[C@H](N)C(=O)O.[Na]. The monoisotopic (exact) mass is 854 g/mol. The topological polar surface area (TPSA) is 172 Å². The third kappa shape index (κ3) is 42.6. The molecule has 0 bridgehead atoms. The van der Waals surface area contributed by atoms with Crippen molar-refractivity contribution in [3.63, 3.8) is 0 Å². The zero-order chi connectivity index (χ0) is 46.6. The second kappa shape index (κ2) is 43.5. The first-order valence-electron chi connectivity index (χ1n) is 24.1. The molecule has 0 fully saturated rings. The Morgan fingerprint density at radius 1 is 0.621 bits per heavy atom. The summed E-state index contributed by atoms with van der Waals surface area (Å²) in [5, 5.41) is 8.95. The molecule has 331 valence electrons. The molecule has 0 spiro atoms. The van der Waals surface area contributed by atoms with Crippen LogP contribution in [0.2, 0.25) is 0 Å². The minimum Gasteiger partial charge on any atom is -0.480 e. The number of unbranched alkanes of at least 4 members (excludes halogenated alkanes) is 19. The molecule has 0 aromatic heterocycles. The van der Waals surface area contributed by atoms with E-state index in [1.165, 1.54) is 70.6 Å². The first-order valence-corrected chi connectivity index (χ1v) is 23.1. The quantitative estimate of drug-likeness (QED) is 0.0176. The van der Waals surface area contributed by atoms with Gasteiger partial charge in [-0.15, -0.1) is 0 Å². The van der Waals surface area contributed by atoms with Crippen molar-refractivity contribution in [3.05, 3.63) is 48.6 Å². The number of hydrogen-bond donors (Lipinski definition) is 3. The Morgan fingerprint density at radius 3 is 1.50 bits per heavy atom. The first-order chi connectivity index (χ1) is 29.4. The van der Waals surface area contributed by atoms with Gasteiger partial charge in [-0.1, -0.05) is 165 Å². The second-order valence-corrected chi connectivity index (χ2v) is 15.7. The third-order valence-electron chi connectivity index (χ3n) is 8.91. The summed E-state index contributed by atoms with van der Waals surface area (Å²) >= 11 is 0. The van der Waals surface area contributed by atoms with E-state index in [9.17, 15) is 23.8 Å². The van der Waals surface area contributed by atoms with Crippen molar-refractivity contribution in [2.75, 3.05) is 19.7 Å². The Morgan fingerprint density at radius 2 is 1.02 bits per heavy atom. The fourth-order valence-corrected chi connectivity index (χ4v) is 6.09. The van der Waals surface area contributed by atoms with Crippen LogP contribution >= 0.6 is 7.82 Å². The van der Waals surface area contributed by atoms with Crippen LogP contribution < -0.4 is 5.73 Å². The molecule has 0 heterocycles. The molecule has 4 N–H and O–H groups in total. The number of carboxylic acid groups (broad SMARTS) is 1. The van der Waals surface area contributed by atoms with Crippen LogP contribution in [0.25, 0.3) is 0 Å². The summed E-state index contributed by atoms with van der Waals surface area (Å²) < 4.78 is 73.5. The van der Waals surface area contributed by atoms with E-state index in [0.29, 0.717) is 25.7 Å². The van der Waals surface area contributed by atoms with Gasteiger partial charge < -0.3 is 25.2 Å². The smallest absolute Gasteiger partial charge is 0.472 e. The Hall–Kier alpha value is -1.56. The van der Waals surface area contributed by atoms with Crippen molar-refractivity contribution in [2.45, 2.75) is 199 Å². The van der Waals surface area contributed by atoms with E-state index in [-0.39, 0.29) is 48.8 Å². The van der Waals surface area contributed by atoms with Crippen LogP contribution in [-0.4, -0.2) is 89.3 Å². The van der Waals surface area contributed by atoms with Gasteiger partial charge in [0.05, 0.1) is 20.0 Å². The number of carbonyl (C=O) groups excluding carboxylic acids is 2. The number of ether oxygens (including phenoxy) is 2. The number of carboxylic acids is 1. The molecule has 0 aromatic carbocycles. The Balaban J connectivity index is 0. The van der Waals surface area contributed by atoms with Crippen LogP contribution in [0.15, 0.2) is 48.6 Å². The van der Waals surface area contributed by atoms with Gasteiger partial charge in [0.1, 0.15) is 12.6 Å². The summed E-state index contributed by atoms with van der Waals surface area (Å²) in [6.07, 6.45) is 37.1. The van der Waals surface area contributed by atoms with Crippen molar-refractivity contribution in [2.24, 2.45) is 5.73 Å². The molecule has 11 nitrogen and oxygen atoms in total. The van der Waals surface area contributed by atoms with Gasteiger partial charge in [0.15, 0.2) is 6.08 Å².